The second-order valence-electron chi connectivity index (χ2n) is 14.5. The van der Waals surface area contributed by atoms with Gasteiger partial charge in [0.1, 0.15) is 16.7 Å². The highest BCUT2D eigenvalue weighted by Crippen LogP contribution is 2.73. The van der Waals surface area contributed by atoms with Crippen molar-refractivity contribution in [3.8, 4) is 11.1 Å². The molecule has 0 fully saturated rings. The van der Waals surface area contributed by atoms with Crippen LogP contribution in [0.15, 0.2) is 253 Å². The van der Waals surface area contributed by atoms with Crippen molar-refractivity contribution in [3.63, 3.8) is 0 Å². The molecule has 0 amide bonds. The van der Waals surface area contributed by atoms with Gasteiger partial charge in [-0.2, -0.15) is 0 Å². The van der Waals surface area contributed by atoms with Crippen molar-refractivity contribution >= 4 is 71.0 Å². The van der Waals surface area contributed by atoms with E-state index >= 15 is 0 Å². The van der Waals surface area contributed by atoms with E-state index in [-0.39, 0.29) is 0 Å². The maximum Gasteiger partial charge on any atom is 0.159 e. The highest BCUT2D eigenvalue weighted by atomic mass is 32.3. The highest BCUT2D eigenvalue weighted by molar-refractivity contribution is 8.34. The molecule has 0 N–H and O–H groups in total. The van der Waals surface area contributed by atoms with Crippen molar-refractivity contribution in [2.24, 2.45) is 0 Å². The molecule has 0 aliphatic rings. The Hall–Kier alpha value is -7.27. The lowest BCUT2D eigenvalue weighted by Crippen LogP contribution is -2.11. The minimum Gasteiger partial charge on any atom is -0.456 e. The molecule has 2 heterocycles. The summed E-state index contributed by atoms with van der Waals surface area (Å²) in [5, 5.41) is 4.35. The van der Waals surface area contributed by atoms with Crippen molar-refractivity contribution < 1.29 is 8.83 Å². The Balaban J connectivity index is 1.15. The van der Waals surface area contributed by atoms with Gasteiger partial charge in [0.25, 0.3) is 0 Å². The van der Waals surface area contributed by atoms with Crippen LogP contribution in [0, 0.1) is 0 Å². The Morgan fingerprint density at radius 2 is 0.828 bits per heavy atom. The number of furan rings is 2. The van der Waals surface area contributed by atoms with Crippen molar-refractivity contribution in [3.05, 3.63) is 224 Å². The molecule has 0 spiro atoms. The standard InChI is InChI=1S/C54H37NO2S/c1-5-17-38(18-6-1)45-26-15-27-48-49-28-16-29-50(54(49)57-53(45)48)55(40-33-36-47-46-25-13-14-30-51(46)56-52(47)37-40)39-31-34-44(35-32-39)58(41-19-7-2-8-20-41,42-21-9-3-10-22-42)43-23-11-4-12-24-43/h1-37H. The Morgan fingerprint density at radius 1 is 0.328 bits per heavy atom. The van der Waals surface area contributed by atoms with E-state index in [4.69, 9.17) is 8.83 Å². The van der Waals surface area contributed by atoms with Crippen LogP contribution in [0.2, 0.25) is 0 Å². The van der Waals surface area contributed by atoms with E-state index in [1.807, 2.05) is 18.2 Å². The lowest BCUT2D eigenvalue weighted by Gasteiger charge is -2.42. The number of anilines is 3. The number of para-hydroxylation sites is 3. The summed E-state index contributed by atoms with van der Waals surface area (Å²) in [6, 6.07) is 80.3. The van der Waals surface area contributed by atoms with Gasteiger partial charge in [0.15, 0.2) is 5.58 Å². The van der Waals surface area contributed by atoms with E-state index in [2.05, 4.69) is 211 Å². The third-order valence-corrected chi connectivity index (χ3v) is 15.1. The van der Waals surface area contributed by atoms with Crippen LogP contribution < -0.4 is 4.90 Å². The van der Waals surface area contributed by atoms with Crippen LogP contribution >= 0.6 is 10.0 Å². The van der Waals surface area contributed by atoms with Crippen LogP contribution in [0.3, 0.4) is 0 Å². The number of hydrogen-bond donors (Lipinski definition) is 0. The summed E-state index contributed by atoms with van der Waals surface area (Å²) in [7, 11) is -1.86. The summed E-state index contributed by atoms with van der Waals surface area (Å²) in [6.45, 7) is 0. The van der Waals surface area contributed by atoms with E-state index in [0.717, 1.165) is 72.1 Å². The van der Waals surface area contributed by atoms with Gasteiger partial charge in [-0.05, 0) is 90.5 Å². The molecule has 0 atom stereocenters. The Labute approximate surface area is 338 Å². The minimum absolute atomic E-state index is 0.826. The second kappa shape index (κ2) is 14.0. The summed E-state index contributed by atoms with van der Waals surface area (Å²) in [6.07, 6.45) is 0. The molecule has 11 rings (SSSR count). The van der Waals surface area contributed by atoms with Crippen LogP contribution in [-0.2, 0) is 0 Å². The Kier molecular flexibility index (Phi) is 8.23. The van der Waals surface area contributed by atoms with Gasteiger partial charge in [-0.15, -0.1) is 10.0 Å². The normalized spacial score (nSPS) is 12.1. The first-order valence-electron chi connectivity index (χ1n) is 19.6. The van der Waals surface area contributed by atoms with Gasteiger partial charge < -0.3 is 13.7 Å². The van der Waals surface area contributed by atoms with Gasteiger partial charge >= 0.3 is 0 Å². The van der Waals surface area contributed by atoms with Crippen LogP contribution in [-0.4, -0.2) is 0 Å². The predicted molar refractivity (Wildman–Crippen MR) is 241 cm³/mol. The average Bonchev–Trinajstić information content (AvgIpc) is 3.88. The van der Waals surface area contributed by atoms with Gasteiger partial charge in [0.2, 0.25) is 0 Å². The third kappa shape index (κ3) is 5.45. The summed E-state index contributed by atoms with van der Waals surface area (Å²) in [4.78, 5) is 7.42. The zero-order chi connectivity index (χ0) is 38.5. The molecular formula is C54H37NO2S. The van der Waals surface area contributed by atoms with Crippen LogP contribution in [0.25, 0.3) is 55.0 Å². The number of rotatable bonds is 8. The first-order chi connectivity index (χ1) is 28.8. The van der Waals surface area contributed by atoms with Crippen molar-refractivity contribution in [1.29, 1.82) is 0 Å². The molecular weight excluding hydrogens is 727 g/mol. The fraction of sp³-hybridized carbons (Fsp3) is 0. The van der Waals surface area contributed by atoms with Crippen molar-refractivity contribution in [2.75, 3.05) is 4.90 Å². The highest BCUT2D eigenvalue weighted by Gasteiger charge is 2.33. The van der Waals surface area contributed by atoms with E-state index in [1.54, 1.807) is 0 Å². The van der Waals surface area contributed by atoms with Crippen LogP contribution in [0.1, 0.15) is 0 Å². The zero-order valence-corrected chi connectivity index (χ0v) is 32.4. The molecule has 276 valence electrons. The monoisotopic (exact) mass is 763 g/mol. The van der Waals surface area contributed by atoms with E-state index in [0.29, 0.717) is 0 Å². The summed E-state index contributed by atoms with van der Waals surface area (Å²) < 4.78 is 13.5. The fourth-order valence-electron chi connectivity index (χ4n) is 8.60. The predicted octanol–water partition coefficient (Wildman–Crippen LogP) is 16.0. The average molecular weight is 764 g/mol. The first-order valence-corrected chi connectivity index (χ1v) is 21.2. The topological polar surface area (TPSA) is 29.5 Å². The second-order valence-corrected chi connectivity index (χ2v) is 17.6. The number of benzene rings is 9. The number of hydrogen-bond acceptors (Lipinski definition) is 3. The summed E-state index contributed by atoms with van der Waals surface area (Å²) in [5.74, 6) is 0. The molecule has 0 unspecified atom stereocenters. The molecule has 0 saturated carbocycles. The summed E-state index contributed by atoms with van der Waals surface area (Å²) in [5.41, 5.74) is 8.54. The molecule has 3 nitrogen and oxygen atoms in total. The first kappa shape index (κ1) is 34.0. The molecule has 0 aliphatic carbocycles. The maximum absolute atomic E-state index is 7.02. The van der Waals surface area contributed by atoms with Gasteiger partial charge in [0.05, 0.1) is 11.4 Å². The lowest BCUT2D eigenvalue weighted by atomic mass is 10.0. The van der Waals surface area contributed by atoms with E-state index < -0.39 is 10.0 Å². The number of fused-ring (bicyclic) bond motifs is 6. The van der Waals surface area contributed by atoms with Gasteiger partial charge in [-0.3, -0.25) is 0 Å². The van der Waals surface area contributed by atoms with Crippen LogP contribution in [0.4, 0.5) is 17.1 Å². The molecule has 4 heteroatoms. The van der Waals surface area contributed by atoms with Crippen molar-refractivity contribution in [2.45, 2.75) is 19.6 Å². The van der Waals surface area contributed by atoms with Crippen molar-refractivity contribution in [1.82, 2.24) is 0 Å². The van der Waals surface area contributed by atoms with Gasteiger partial charge in [-0.25, -0.2) is 0 Å². The molecule has 0 bridgehead atoms. The molecule has 2 aromatic heterocycles. The fourth-order valence-corrected chi connectivity index (χ4v) is 12.5. The zero-order valence-electron chi connectivity index (χ0n) is 31.5. The quantitative estimate of drug-likeness (QED) is 0.154. The summed E-state index contributed by atoms with van der Waals surface area (Å²) >= 11 is 0. The largest absolute Gasteiger partial charge is 0.456 e. The lowest BCUT2D eigenvalue weighted by molar-refractivity contribution is 0.668. The molecule has 11 aromatic rings. The minimum atomic E-state index is -1.86. The molecule has 0 radical (unpaired) electrons. The number of nitrogens with zero attached hydrogens (tertiary/aromatic N) is 1. The molecule has 9 aromatic carbocycles. The maximum atomic E-state index is 7.02. The van der Waals surface area contributed by atoms with E-state index in [1.165, 1.54) is 19.6 Å². The smallest absolute Gasteiger partial charge is 0.159 e. The Morgan fingerprint density at radius 3 is 1.48 bits per heavy atom. The molecule has 0 aliphatic heterocycles. The third-order valence-electron chi connectivity index (χ3n) is 11.2. The SMILES string of the molecule is c1ccc(-c2cccc3c2oc2c(N(c4ccc(S(c5ccccc5)(c5ccccc5)c5ccccc5)cc4)c4ccc5c(c4)oc4ccccc45)cccc23)cc1. The molecule has 58 heavy (non-hydrogen) atoms. The van der Waals surface area contributed by atoms with E-state index in [9.17, 15) is 0 Å². The Bertz CT molecular complexity index is 3110. The van der Waals surface area contributed by atoms with Crippen LogP contribution in [0.5, 0.6) is 0 Å². The van der Waals surface area contributed by atoms with Gasteiger partial charge in [0, 0.05) is 58.4 Å². The van der Waals surface area contributed by atoms with Gasteiger partial charge in [-0.1, -0.05) is 133 Å². The molecule has 0 saturated heterocycles.